The van der Waals surface area contributed by atoms with Crippen molar-refractivity contribution in [3.05, 3.63) is 30.1 Å². The van der Waals surface area contributed by atoms with Crippen LogP contribution >= 0.6 is 0 Å². The molecule has 0 radical (unpaired) electrons. The van der Waals surface area contributed by atoms with E-state index in [2.05, 4.69) is 0 Å². The molecule has 0 atom stereocenters. The van der Waals surface area contributed by atoms with Gasteiger partial charge in [0.2, 0.25) is 0 Å². The molecule has 1 aromatic rings. The summed E-state index contributed by atoms with van der Waals surface area (Å²) in [5, 5.41) is 0. The molecule has 2 rings (SSSR count). The number of hydrogen-bond donors (Lipinski definition) is 0. The maximum absolute atomic E-state index is 12.7. The lowest BCUT2D eigenvalue weighted by Gasteiger charge is -2.16. The number of amides is 2. The van der Waals surface area contributed by atoms with Gasteiger partial charge < -0.3 is 9.69 Å². The molecule has 0 spiro atoms. The van der Waals surface area contributed by atoms with Gasteiger partial charge in [-0.25, -0.2) is 9.18 Å². The Morgan fingerprint density at radius 3 is 2.56 bits per heavy atom. The van der Waals surface area contributed by atoms with Crippen LogP contribution in [0, 0.1) is 5.82 Å². The summed E-state index contributed by atoms with van der Waals surface area (Å²) in [6.07, 6.45) is 0.700. The molecular weight excluding hydrogens is 211 g/mol. The number of aldehydes is 1. The van der Waals surface area contributed by atoms with E-state index in [1.165, 1.54) is 21.9 Å². The average Bonchev–Trinajstić information content (AvgIpc) is 2.63. The highest BCUT2D eigenvalue weighted by atomic mass is 19.1. The van der Waals surface area contributed by atoms with Crippen LogP contribution in [0.25, 0.3) is 0 Å². The van der Waals surface area contributed by atoms with E-state index < -0.39 is 0 Å². The van der Waals surface area contributed by atoms with E-state index in [9.17, 15) is 14.0 Å². The zero-order valence-electron chi connectivity index (χ0n) is 8.60. The molecule has 0 aliphatic carbocycles. The first-order valence-corrected chi connectivity index (χ1v) is 4.98. The van der Waals surface area contributed by atoms with Gasteiger partial charge >= 0.3 is 6.03 Å². The molecule has 84 valence electrons. The van der Waals surface area contributed by atoms with Crippen molar-refractivity contribution in [2.75, 3.05) is 24.5 Å². The minimum atomic E-state index is -0.333. The molecule has 1 heterocycles. The van der Waals surface area contributed by atoms with Gasteiger partial charge in [-0.3, -0.25) is 4.90 Å². The maximum atomic E-state index is 12.7. The Morgan fingerprint density at radius 2 is 1.94 bits per heavy atom. The zero-order valence-corrected chi connectivity index (χ0v) is 8.60. The number of rotatable bonds is 3. The Labute approximate surface area is 92.3 Å². The zero-order chi connectivity index (χ0) is 11.5. The Bertz CT molecular complexity index is 405. The molecule has 16 heavy (non-hydrogen) atoms. The monoisotopic (exact) mass is 222 g/mol. The van der Waals surface area contributed by atoms with Crippen LogP contribution in [-0.4, -0.2) is 36.9 Å². The number of anilines is 1. The van der Waals surface area contributed by atoms with Gasteiger partial charge in [0.05, 0.1) is 6.54 Å². The van der Waals surface area contributed by atoms with Crippen molar-refractivity contribution in [1.29, 1.82) is 0 Å². The topological polar surface area (TPSA) is 40.6 Å². The van der Waals surface area contributed by atoms with E-state index in [-0.39, 0.29) is 18.4 Å². The summed E-state index contributed by atoms with van der Waals surface area (Å²) in [6.45, 7) is 1.16. The molecule has 0 saturated carbocycles. The number of carbonyl (C=O) groups is 2. The van der Waals surface area contributed by atoms with Gasteiger partial charge in [-0.2, -0.15) is 0 Å². The van der Waals surface area contributed by atoms with Crippen molar-refractivity contribution in [2.45, 2.75) is 0 Å². The number of hydrogen-bond acceptors (Lipinski definition) is 2. The van der Waals surface area contributed by atoms with Crippen molar-refractivity contribution in [2.24, 2.45) is 0 Å². The molecule has 5 heteroatoms. The van der Waals surface area contributed by atoms with Crippen LogP contribution in [-0.2, 0) is 4.79 Å². The second-order valence-corrected chi connectivity index (χ2v) is 3.52. The molecule has 1 aliphatic heterocycles. The number of urea groups is 1. The summed E-state index contributed by atoms with van der Waals surface area (Å²) in [7, 11) is 0. The molecule has 0 aromatic heterocycles. The molecule has 4 nitrogen and oxygen atoms in total. The molecular formula is C11H11FN2O2. The minimum absolute atomic E-state index is 0.108. The van der Waals surface area contributed by atoms with Crippen molar-refractivity contribution in [3.8, 4) is 0 Å². The number of carbonyl (C=O) groups excluding carboxylic acids is 2. The van der Waals surface area contributed by atoms with Gasteiger partial charge in [0.15, 0.2) is 0 Å². The van der Waals surface area contributed by atoms with E-state index in [0.29, 0.717) is 25.1 Å². The predicted molar refractivity (Wildman–Crippen MR) is 56.8 cm³/mol. The van der Waals surface area contributed by atoms with E-state index in [0.717, 1.165) is 0 Å². The molecule has 2 amide bonds. The average molecular weight is 222 g/mol. The summed E-state index contributed by atoms with van der Waals surface area (Å²) in [5.41, 5.74) is 0.653. The van der Waals surface area contributed by atoms with Crippen molar-refractivity contribution in [1.82, 2.24) is 4.90 Å². The fraction of sp³-hybridized carbons (Fsp3) is 0.273. The summed E-state index contributed by atoms with van der Waals surface area (Å²) in [6, 6.07) is 5.52. The molecule has 0 bridgehead atoms. The van der Waals surface area contributed by atoms with E-state index in [1.807, 2.05) is 0 Å². The van der Waals surface area contributed by atoms with Crippen molar-refractivity contribution in [3.63, 3.8) is 0 Å². The lowest BCUT2D eigenvalue weighted by molar-refractivity contribution is -0.108. The number of benzene rings is 1. The van der Waals surface area contributed by atoms with E-state index in [1.54, 1.807) is 12.1 Å². The molecule has 1 fully saturated rings. The molecule has 1 aromatic carbocycles. The van der Waals surface area contributed by atoms with Crippen LogP contribution < -0.4 is 4.90 Å². The summed E-state index contributed by atoms with van der Waals surface area (Å²) < 4.78 is 12.7. The maximum Gasteiger partial charge on any atom is 0.324 e. The minimum Gasteiger partial charge on any atom is -0.316 e. The fourth-order valence-electron chi connectivity index (χ4n) is 1.70. The van der Waals surface area contributed by atoms with E-state index in [4.69, 9.17) is 0 Å². The Hall–Kier alpha value is -1.91. The van der Waals surface area contributed by atoms with Gasteiger partial charge in [0.25, 0.3) is 0 Å². The van der Waals surface area contributed by atoms with Crippen LogP contribution in [0.15, 0.2) is 24.3 Å². The smallest absolute Gasteiger partial charge is 0.316 e. The largest absolute Gasteiger partial charge is 0.324 e. The first-order chi connectivity index (χ1) is 7.72. The molecule has 1 saturated heterocycles. The third-order valence-electron chi connectivity index (χ3n) is 2.53. The fourth-order valence-corrected chi connectivity index (χ4v) is 1.70. The number of nitrogens with zero attached hydrogens (tertiary/aromatic N) is 2. The lowest BCUT2D eigenvalue weighted by Crippen LogP contribution is -2.32. The molecule has 1 aliphatic rings. The summed E-state index contributed by atoms with van der Waals surface area (Å²) >= 11 is 0. The van der Waals surface area contributed by atoms with Gasteiger partial charge in [-0.15, -0.1) is 0 Å². The van der Waals surface area contributed by atoms with Gasteiger partial charge in [-0.1, -0.05) is 0 Å². The number of halogens is 1. The Morgan fingerprint density at radius 1 is 1.25 bits per heavy atom. The van der Waals surface area contributed by atoms with Crippen molar-refractivity contribution < 1.29 is 14.0 Å². The van der Waals surface area contributed by atoms with Gasteiger partial charge in [0.1, 0.15) is 12.1 Å². The third kappa shape index (κ3) is 1.88. The standard InChI is InChI=1S/C11H11FN2O2/c12-9-1-3-10(4-2-9)14-6-5-13(7-8-15)11(14)16/h1-4,8H,5-7H2. The van der Waals surface area contributed by atoms with Gasteiger partial charge in [-0.05, 0) is 24.3 Å². The molecule has 0 N–H and O–H groups in total. The Balaban J connectivity index is 2.15. The Kier molecular flexibility index (Phi) is 2.85. The highest BCUT2D eigenvalue weighted by Gasteiger charge is 2.28. The second-order valence-electron chi connectivity index (χ2n) is 3.52. The van der Waals surface area contributed by atoms with Crippen LogP contribution in [0.4, 0.5) is 14.9 Å². The van der Waals surface area contributed by atoms with Crippen molar-refractivity contribution >= 4 is 18.0 Å². The van der Waals surface area contributed by atoms with Gasteiger partial charge in [0, 0.05) is 18.8 Å². The second kappa shape index (κ2) is 4.30. The normalized spacial score (nSPS) is 15.7. The highest BCUT2D eigenvalue weighted by molar-refractivity contribution is 5.95. The van der Waals surface area contributed by atoms with E-state index >= 15 is 0 Å². The van der Waals surface area contributed by atoms with Crippen LogP contribution in [0.5, 0.6) is 0 Å². The van der Waals surface area contributed by atoms with Crippen LogP contribution in [0.2, 0.25) is 0 Å². The van der Waals surface area contributed by atoms with Crippen LogP contribution in [0.3, 0.4) is 0 Å². The summed E-state index contributed by atoms with van der Waals surface area (Å²) in [4.78, 5) is 25.1. The first-order valence-electron chi connectivity index (χ1n) is 4.98. The summed E-state index contributed by atoms with van der Waals surface area (Å²) in [5.74, 6) is -0.333. The highest BCUT2D eigenvalue weighted by Crippen LogP contribution is 2.19. The predicted octanol–water partition coefficient (Wildman–Crippen LogP) is 1.27. The van der Waals surface area contributed by atoms with Crippen LogP contribution in [0.1, 0.15) is 0 Å². The SMILES string of the molecule is O=CCN1CCN(c2ccc(F)cc2)C1=O. The lowest BCUT2D eigenvalue weighted by atomic mass is 10.3. The quantitative estimate of drug-likeness (QED) is 0.722. The first kappa shape index (κ1) is 10.6. The molecule has 0 unspecified atom stereocenters. The third-order valence-corrected chi connectivity index (χ3v) is 2.53.